The van der Waals surface area contributed by atoms with Crippen LogP contribution in [0.4, 0.5) is 0 Å². The van der Waals surface area contributed by atoms with Gasteiger partial charge >= 0.3 is 0 Å². The van der Waals surface area contributed by atoms with Crippen molar-refractivity contribution in [1.29, 1.82) is 0 Å². The summed E-state index contributed by atoms with van der Waals surface area (Å²) in [7, 11) is 2.07. The van der Waals surface area contributed by atoms with Gasteiger partial charge in [-0.1, -0.05) is 13.8 Å². The lowest BCUT2D eigenvalue weighted by atomic mass is 10.1. The van der Waals surface area contributed by atoms with Gasteiger partial charge in [0, 0.05) is 42.0 Å². The van der Waals surface area contributed by atoms with Crippen molar-refractivity contribution in [1.82, 2.24) is 15.1 Å². The van der Waals surface area contributed by atoms with Crippen LogP contribution in [0, 0.1) is 0 Å². The number of hydrogen-bond donors (Lipinski definition) is 1. The third kappa shape index (κ3) is 4.66. The van der Waals surface area contributed by atoms with Gasteiger partial charge in [-0.3, -0.25) is 4.68 Å². The summed E-state index contributed by atoms with van der Waals surface area (Å²) in [6.07, 6.45) is 3.23. The number of rotatable bonds is 7. The SMILES string of the molecule is CCCNC(Cc1c(Br)c(CC)nn1C)C1CSCCS1. The normalized spacial score (nSPS) is 20.7. The number of thioether (sulfide) groups is 2. The summed E-state index contributed by atoms with van der Waals surface area (Å²) in [5.41, 5.74) is 2.50. The van der Waals surface area contributed by atoms with Gasteiger partial charge in [-0.15, -0.1) is 0 Å². The first-order valence-electron chi connectivity index (χ1n) is 7.80. The molecule has 0 aliphatic carbocycles. The molecule has 0 spiro atoms. The van der Waals surface area contributed by atoms with Gasteiger partial charge in [0.05, 0.1) is 15.9 Å². The molecule has 1 fully saturated rings. The van der Waals surface area contributed by atoms with Crippen molar-refractivity contribution in [3.05, 3.63) is 15.9 Å². The van der Waals surface area contributed by atoms with Crippen LogP contribution in [0.15, 0.2) is 4.47 Å². The lowest BCUT2D eigenvalue weighted by molar-refractivity contribution is 0.491. The molecule has 0 aromatic carbocycles. The highest BCUT2D eigenvalue weighted by Gasteiger charge is 2.26. The number of aromatic nitrogens is 2. The van der Waals surface area contributed by atoms with Crippen LogP contribution in [0.2, 0.25) is 0 Å². The largest absolute Gasteiger partial charge is 0.312 e. The van der Waals surface area contributed by atoms with Gasteiger partial charge in [-0.05, 0) is 35.3 Å². The van der Waals surface area contributed by atoms with Crippen molar-refractivity contribution in [3.8, 4) is 0 Å². The molecular formula is C15H26BrN3S2. The average Bonchev–Trinajstić information content (AvgIpc) is 2.79. The molecule has 0 saturated carbocycles. The molecule has 3 nitrogen and oxygen atoms in total. The molecule has 120 valence electrons. The second-order valence-corrected chi connectivity index (χ2v) is 8.72. The number of aryl methyl sites for hydroxylation is 2. The first kappa shape index (κ1) is 17.7. The summed E-state index contributed by atoms with van der Waals surface area (Å²) in [4.78, 5) is 0. The summed E-state index contributed by atoms with van der Waals surface area (Å²) in [5, 5.41) is 9.12. The van der Waals surface area contributed by atoms with E-state index in [1.165, 1.54) is 39.5 Å². The van der Waals surface area contributed by atoms with Crippen molar-refractivity contribution in [2.75, 3.05) is 23.8 Å². The highest BCUT2D eigenvalue weighted by Crippen LogP contribution is 2.30. The number of nitrogens with zero attached hydrogens (tertiary/aromatic N) is 2. The molecule has 1 aromatic rings. The first-order chi connectivity index (χ1) is 10.2. The number of hydrogen-bond acceptors (Lipinski definition) is 4. The van der Waals surface area contributed by atoms with Crippen molar-refractivity contribution in [2.45, 2.75) is 44.4 Å². The molecule has 21 heavy (non-hydrogen) atoms. The van der Waals surface area contributed by atoms with Crippen LogP contribution in [0.1, 0.15) is 31.7 Å². The van der Waals surface area contributed by atoms with E-state index in [4.69, 9.17) is 0 Å². The standard InChI is InChI=1S/C15H26BrN3S2/c1-4-6-17-12(14-10-20-7-8-21-14)9-13-15(16)11(5-2)18-19(13)3/h12,14,17H,4-10H2,1-3H3. The summed E-state index contributed by atoms with van der Waals surface area (Å²) in [6, 6.07) is 0.541. The third-order valence-electron chi connectivity index (χ3n) is 3.86. The van der Waals surface area contributed by atoms with Gasteiger partial charge in [-0.25, -0.2) is 0 Å². The Morgan fingerprint density at radius 3 is 2.81 bits per heavy atom. The fourth-order valence-electron chi connectivity index (χ4n) is 2.65. The van der Waals surface area contributed by atoms with Crippen LogP contribution >= 0.6 is 39.5 Å². The molecule has 2 atom stereocenters. The average molecular weight is 392 g/mol. The van der Waals surface area contributed by atoms with Crippen LogP contribution in [0.25, 0.3) is 0 Å². The van der Waals surface area contributed by atoms with Crippen LogP contribution in [-0.2, 0) is 19.9 Å². The van der Waals surface area contributed by atoms with Crippen molar-refractivity contribution in [2.24, 2.45) is 7.05 Å². The lowest BCUT2D eigenvalue weighted by Crippen LogP contribution is -2.43. The monoisotopic (exact) mass is 391 g/mol. The molecule has 0 amide bonds. The predicted octanol–water partition coefficient (Wildman–Crippen LogP) is 3.50. The van der Waals surface area contributed by atoms with Crippen LogP contribution < -0.4 is 5.32 Å². The van der Waals surface area contributed by atoms with Gasteiger partial charge in [0.25, 0.3) is 0 Å². The Kier molecular flexibility index (Phi) is 7.46. The van der Waals surface area contributed by atoms with Gasteiger partial charge in [0.2, 0.25) is 0 Å². The Bertz CT molecular complexity index is 444. The minimum absolute atomic E-state index is 0.541. The van der Waals surface area contributed by atoms with Gasteiger partial charge in [-0.2, -0.15) is 28.6 Å². The third-order valence-corrected chi connectivity index (χ3v) is 7.70. The zero-order chi connectivity index (χ0) is 15.2. The van der Waals surface area contributed by atoms with Crippen molar-refractivity contribution in [3.63, 3.8) is 0 Å². The lowest BCUT2D eigenvalue weighted by Gasteiger charge is -2.30. The molecule has 0 bridgehead atoms. The van der Waals surface area contributed by atoms with Crippen molar-refractivity contribution >= 4 is 39.5 Å². The first-order valence-corrected chi connectivity index (χ1v) is 10.8. The quantitative estimate of drug-likeness (QED) is 0.769. The maximum absolute atomic E-state index is 4.64. The molecule has 6 heteroatoms. The van der Waals surface area contributed by atoms with E-state index >= 15 is 0 Å². The van der Waals surface area contributed by atoms with E-state index in [0.717, 1.165) is 19.4 Å². The fourth-order valence-corrected chi connectivity index (χ4v) is 6.32. The Morgan fingerprint density at radius 1 is 1.43 bits per heavy atom. The summed E-state index contributed by atoms with van der Waals surface area (Å²) < 4.78 is 3.27. The topological polar surface area (TPSA) is 29.9 Å². The van der Waals surface area contributed by atoms with Gasteiger partial charge < -0.3 is 5.32 Å². The van der Waals surface area contributed by atoms with Crippen LogP contribution in [-0.4, -0.2) is 44.9 Å². The molecule has 1 saturated heterocycles. The smallest absolute Gasteiger partial charge is 0.0766 e. The highest BCUT2D eigenvalue weighted by atomic mass is 79.9. The minimum Gasteiger partial charge on any atom is -0.312 e. The summed E-state index contributed by atoms with van der Waals surface area (Å²) >= 11 is 8.00. The Hall–Kier alpha value is 0.350. The van der Waals surface area contributed by atoms with E-state index in [0.29, 0.717) is 11.3 Å². The van der Waals surface area contributed by atoms with E-state index in [1.54, 1.807) is 0 Å². The molecule has 2 rings (SSSR count). The molecule has 0 radical (unpaired) electrons. The zero-order valence-corrected chi connectivity index (χ0v) is 16.4. The maximum Gasteiger partial charge on any atom is 0.0766 e. The molecular weight excluding hydrogens is 366 g/mol. The molecule has 2 unspecified atom stereocenters. The molecule has 1 aromatic heterocycles. The Morgan fingerprint density at radius 2 is 2.24 bits per heavy atom. The number of nitrogens with one attached hydrogen (secondary N) is 1. The van der Waals surface area contributed by atoms with E-state index in [2.05, 4.69) is 75.4 Å². The van der Waals surface area contributed by atoms with Gasteiger partial charge in [0.1, 0.15) is 0 Å². The van der Waals surface area contributed by atoms with Crippen LogP contribution in [0.5, 0.6) is 0 Å². The molecule has 1 aliphatic heterocycles. The van der Waals surface area contributed by atoms with Crippen molar-refractivity contribution < 1.29 is 0 Å². The number of halogens is 1. The van der Waals surface area contributed by atoms with E-state index in [9.17, 15) is 0 Å². The second-order valence-electron chi connectivity index (χ2n) is 5.43. The van der Waals surface area contributed by atoms with Gasteiger partial charge in [0.15, 0.2) is 0 Å². The van der Waals surface area contributed by atoms with E-state index < -0.39 is 0 Å². The Labute approximate surface area is 145 Å². The van der Waals surface area contributed by atoms with E-state index in [1.807, 2.05) is 0 Å². The van der Waals surface area contributed by atoms with Crippen LogP contribution in [0.3, 0.4) is 0 Å². The zero-order valence-electron chi connectivity index (χ0n) is 13.2. The Balaban J connectivity index is 2.11. The predicted molar refractivity (Wildman–Crippen MR) is 99.6 cm³/mol. The molecule has 2 heterocycles. The second kappa shape index (κ2) is 8.85. The summed E-state index contributed by atoms with van der Waals surface area (Å²) in [6.45, 7) is 5.50. The summed E-state index contributed by atoms with van der Waals surface area (Å²) in [5.74, 6) is 3.85. The molecule has 1 N–H and O–H groups in total. The maximum atomic E-state index is 4.64. The fraction of sp³-hybridized carbons (Fsp3) is 0.800. The molecule has 1 aliphatic rings. The minimum atomic E-state index is 0.541. The highest BCUT2D eigenvalue weighted by molar-refractivity contribution is 9.10. The van der Waals surface area contributed by atoms with E-state index in [-0.39, 0.29) is 0 Å².